The average Bonchev–Trinajstić information content (AvgIpc) is 3.32. The summed E-state index contributed by atoms with van der Waals surface area (Å²) in [4.78, 5) is 21.6. The number of hydrogen-bond acceptors (Lipinski definition) is 4. The van der Waals surface area contributed by atoms with Gasteiger partial charge < -0.3 is 4.90 Å². The van der Waals surface area contributed by atoms with E-state index in [4.69, 9.17) is 5.10 Å². The molecule has 0 bridgehead atoms. The second kappa shape index (κ2) is 10.9. The largest absolute Gasteiger partial charge is 0.337 e. The van der Waals surface area contributed by atoms with Crippen LogP contribution in [0.3, 0.4) is 0 Å². The molecule has 3 heterocycles. The van der Waals surface area contributed by atoms with Crippen molar-refractivity contribution in [3.63, 3.8) is 0 Å². The lowest BCUT2D eigenvalue weighted by Crippen LogP contribution is -2.47. The van der Waals surface area contributed by atoms with Crippen LogP contribution in [-0.2, 0) is 17.9 Å². The first-order valence-corrected chi connectivity index (χ1v) is 12.0. The Bertz CT molecular complexity index is 1260. The van der Waals surface area contributed by atoms with Crippen LogP contribution < -0.4 is 0 Å². The van der Waals surface area contributed by atoms with Crippen LogP contribution in [-0.4, -0.2) is 56.7 Å². The molecule has 2 aromatic heterocycles. The number of amides is 1. The molecule has 2 aromatic carbocycles. The summed E-state index contributed by atoms with van der Waals surface area (Å²) in [5.41, 5.74) is 5.10. The fourth-order valence-electron chi connectivity index (χ4n) is 4.34. The molecular weight excluding hydrogens is 434 g/mol. The molecule has 0 spiro atoms. The smallest absolute Gasteiger partial charge is 0.246 e. The normalized spacial score (nSPS) is 14.5. The summed E-state index contributed by atoms with van der Waals surface area (Å²) in [5.74, 6) is 0.0392. The SMILES string of the molecule is O=C(C=Cc1cn(Cc2ccccc2)nc1-c1ccccc1)N1CCN(Cc2ccccn2)CC1. The highest BCUT2D eigenvalue weighted by molar-refractivity contribution is 5.93. The van der Waals surface area contributed by atoms with E-state index in [0.29, 0.717) is 6.54 Å². The van der Waals surface area contributed by atoms with E-state index in [1.165, 1.54) is 5.56 Å². The molecule has 0 aliphatic carbocycles. The lowest BCUT2D eigenvalue weighted by molar-refractivity contribution is -0.127. The number of carbonyl (C=O) groups is 1. The van der Waals surface area contributed by atoms with E-state index < -0.39 is 0 Å². The van der Waals surface area contributed by atoms with Crippen molar-refractivity contribution >= 4 is 12.0 Å². The predicted octanol–water partition coefficient (Wildman–Crippen LogP) is 4.35. The van der Waals surface area contributed by atoms with Crippen molar-refractivity contribution in [2.45, 2.75) is 13.1 Å². The molecule has 1 aliphatic heterocycles. The third-order valence-electron chi connectivity index (χ3n) is 6.23. The van der Waals surface area contributed by atoms with Crippen LogP contribution in [0.15, 0.2) is 97.3 Å². The fourth-order valence-corrected chi connectivity index (χ4v) is 4.34. The molecule has 35 heavy (non-hydrogen) atoms. The molecule has 5 rings (SSSR count). The third kappa shape index (κ3) is 5.91. The van der Waals surface area contributed by atoms with E-state index >= 15 is 0 Å². The maximum atomic E-state index is 13.0. The summed E-state index contributed by atoms with van der Waals surface area (Å²) in [5, 5.41) is 4.84. The van der Waals surface area contributed by atoms with E-state index in [1.54, 1.807) is 6.08 Å². The lowest BCUT2D eigenvalue weighted by atomic mass is 10.1. The highest BCUT2D eigenvalue weighted by Gasteiger charge is 2.20. The first-order valence-electron chi connectivity index (χ1n) is 12.0. The Balaban J connectivity index is 1.26. The van der Waals surface area contributed by atoms with Crippen LogP contribution in [0.2, 0.25) is 0 Å². The van der Waals surface area contributed by atoms with Crippen molar-refractivity contribution in [3.05, 3.63) is 114 Å². The van der Waals surface area contributed by atoms with Gasteiger partial charge in [0.1, 0.15) is 0 Å². The second-order valence-electron chi connectivity index (χ2n) is 8.74. The molecule has 6 nitrogen and oxygen atoms in total. The van der Waals surface area contributed by atoms with E-state index in [1.807, 2.05) is 82.6 Å². The Morgan fingerprint density at radius 3 is 2.26 bits per heavy atom. The van der Waals surface area contributed by atoms with Gasteiger partial charge >= 0.3 is 0 Å². The first-order chi connectivity index (χ1) is 17.2. The predicted molar refractivity (Wildman–Crippen MR) is 138 cm³/mol. The quantitative estimate of drug-likeness (QED) is 0.383. The van der Waals surface area contributed by atoms with Gasteiger partial charge in [0.25, 0.3) is 0 Å². The van der Waals surface area contributed by atoms with Crippen LogP contribution >= 0.6 is 0 Å². The molecule has 0 unspecified atom stereocenters. The van der Waals surface area contributed by atoms with Crippen LogP contribution in [0.25, 0.3) is 17.3 Å². The standard InChI is InChI=1S/C29H29N5O/c35-28(33-19-17-32(18-20-33)23-27-13-7-8-16-30-27)15-14-26-22-34(21-24-9-3-1-4-10-24)31-29(26)25-11-5-2-6-12-25/h1-16,22H,17-21,23H2. The van der Waals surface area contributed by atoms with Crippen molar-refractivity contribution in [2.24, 2.45) is 0 Å². The summed E-state index contributed by atoms with van der Waals surface area (Å²) in [6, 6.07) is 26.4. The number of rotatable bonds is 7. The molecule has 176 valence electrons. The van der Waals surface area contributed by atoms with Gasteiger partial charge in [-0.05, 0) is 23.8 Å². The molecule has 1 fully saturated rings. The van der Waals surface area contributed by atoms with Gasteiger partial charge in [-0.15, -0.1) is 0 Å². The molecule has 1 aliphatic rings. The maximum absolute atomic E-state index is 13.0. The number of pyridine rings is 1. The van der Waals surface area contributed by atoms with Gasteiger partial charge in [-0.1, -0.05) is 66.7 Å². The van der Waals surface area contributed by atoms with Crippen LogP contribution in [0.1, 0.15) is 16.8 Å². The van der Waals surface area contributed by atoms with Crippen molar-refractivity contribution < 1.29 is 4.79 Å². The minimum absolute atomic E-state index is 0.0392. The van der Waals surface area contributed by atoms with Gasteiger partial charge in [-0.25, -0.2) is 0 Å². The Hall–Kier alpha value is -4.03. The van der Waals surface area contributed by atoms with E-state index in [0.717, 1.165) is 55.2 Å². The molecule has 0 atom stereocenters. The van der Waals surface area contributed by atoms with Crippen molar-refractivity contribution in [1.82, 2.24) is 24.6 Å². The zero-order valence-electron chi connectivity index (χ0n) is 19.7. The Morgan fingerprint density at radius 2 is 1.54 bits per heavy atom. The van der Waals surface area contributed by atoms with Gasteiger partial charge in [0.15, 0.2) is 0 Å². The topological polar surface area (TPSA) is 54.3 Å². The molecule has 1 amide bonds. The van der Waals surface area contributed by atoms with Gasteiger partial charge in [0.2, 0.25) is 5.91 Å². The van der Waals surface area contributed by atoms with Crippen LogP contribution in [0, 0.1) is 0 Å². The van der Waals surface area contributed by atoms with Crippen molar-refractivity contribution in [2.75, 3.05) is 26.2 Å². The minimum Gasteiger partial charge on any atom is -0.337 e. The first kappa shape index (κ1) is 22.7. The fraction of sp³-hybridized carbons (Fsp3) is 0.207. The van der Waals surface area contributed by atoms with Crippen molar-refractivity contribution in [1.29, 1.82) is 0 Å². The lowest BCUT2D eigenvalue weighted by Gasteiger charge is -2.34. The van der Waals surface area contributed by atoms with Gasteiger partial charge in [-0.3, -0.25) is 19.4 Å². The Labute approximate surface area is 206 Å². The maximum Gasteiger partial charge on any atom is 0.246 e. The van der Waals surface area contributed by atoms with Crippen LogP contribution in [0.5, 0.6) is 0 Å². The van der Waals surface area contributed by atoms with E-state index in [9.17, 15) is 4.79 Å². The van der Waals surface area contributed by atoms with Gasteiger partial charge in [-0.2, -0.15) is 5.10 Å². The summed E-state index contributed by atoms with van der Waals surface area (Å²) in [7, 11) is 0. The average molecular weight is 464 g/mol. The summed E-state index contributed by atoms with van der Waals surface area (Å²) in [6.07, 6.45) is 7.43. The third-order valence-corrected chi connectivity index (χ3v) is 6.23. The zero-order valence-corrected chi connectivity index (χ0v) is 19.7. The molecule has 0 saturated carbocycles. The number of benzene rings is 2. The number of hydrogen-bond donors (Lipinski definition) is 0. The molecule has 0 N–H and O–H groups in total. The zero-order chi connectivity index (χ0) is 23.9. The summed E-state index contributed by atoms with van der Waals surface area (Å²) in [6.45, 7) is 4.63. The molecule has 6 heteroatoms. The number of carbonyl (C=O) groups excluding carboxylic acids is 1. The Morgan fingerprint density at radius 1 is 0.829 bits per heavy atom. The second-order valence-corrected chi connectivity index (χ2v) is 8.74. The van der Waals surface area contributed by atoms with Crippen molar-refractivity contribution in [3.8, 4) is 11.3 Å². The molecular formula is C29H29N5O. The molecule has 0 radical (unpaired) electrons. The van der Waals surface area contributed by atoms with Gasteiger partial charge in [0, 0.05) is 62.3 Å². The molecule has 4 aromatic rings. The number of piperazine rings is 1. The summed E-state index contributed by atoms with van der Waals surface area (Å²) >= 11 is 0. The van der Waals surface area contributed by atoms with Crippen LogP contribution in [0.4, 0.5) is 0 Å². The minimum atomic E-state index is 0.0392. The van der Waals surface area contributed by atoms with E-state index in [-0.39, 0.29) is 5.91 Å². The summed E-state index contributed by atoms with van der Waals surface area (Å²) < 4.78 is 1.94. The number of aromatic nitrogens is 3. The highest BCUT2D eigenvalue weighted by atomic mass is 16.2. The van der Waals surface area contributed by atoms with Gasteiger partial charge in [0.05, 0.1) is 17.9 Å². The number of nitrogens with zero attached hydrogens (tertiary/aromatic N) is 5. The Kier molecular flexibility index (Phi) is 7.10. The molecule has 1 saturated heterocycles. The van der Waals surface area contributed by atoms with E-state index in [2.05, 4.69) is 34.1 Å². The monoisotopic (exact) mass is 463 g/mol. The highest BCUT2D eigenvalue weighted by Crippen LogP contribution is 2.23.